The van der Waals surface area contributed by atoms with E-state index < -0.39 is 59.7 Å². The van der Waals surface area contributed by atoms with Gasteiger partial charge in [0.1, 0.15) is 0 Å². The minimum absolute atomic E-state index is 0. The molecule has 0 fully saturated rings. The number of carbonyl (C=O) groups excluding carboxylic acids is 10. The van der Waals surface area contributed by atoms with Crippen LogP contribution in [0.15, 0.2) is 60.8 Å². The van der Waals surface area contributed by atoms with Crippen LogP contribution in [0.4, 0.5) is 0 Å². The maximum atomic E-state index is 9.41. The van der Waals surface area contributed by atoms with Gasteiger partial charge >= 0.3 is 44.8 Å². The molecule has 0 atom stereocenters. The second-order valence-electron chi connectivity index (χ2n) is 4.86. The molecule has 42 heavy (non-hydrogen) atoms. The van der Waals surface area contributed by atoms with Gasteiger partial charge in [0.25, 0.3) is 0 Å². The van der Waals surface area contributed by atoms with Crippen molar-refractivity contribution in [1.82, 2.24) is 0 Å². The van der Waals surface area contributed by atoms with Crippen LogP contribution in [0, 0.1) is 0 Å². The van der Waals surface area contributed by atoms with Crippen molar-refractivity contribution in [2.24, 2.45) is 0 Å². The molecule has 0 spiro atoms. The number of hydrogen-bond acceptors (Lipinski definition) is 20. The SMILES string of the molecule is O=C([O-])/C=C\C(=O)[O-].O=C([O-])/C=C\C(=O)[O-].O=C([O-])/C=C\C(=O)[O-].O=C([O-])/C=C\C(=O)[O-].O=C([O-])/C=C\C(=O)[O-].[Nb+5].[Nb+5]. The zero-order valence-electron chi connectivity index (χ0n) is 19.8. The van der Waals surface area contributed by atoms with Crippen LogP contribution in [0.1, 0.15) is 0 Å². The van der Waals surface area contributed by atoms with Crippen molar-refractivity contribution in [2.75, 3.05) is 0 Å². The molecule has 0 unspecified atom stereocenters. The smallest absolute Gasteiger partial charge is 0.545 e. The fourth-order valence-corrected chi connectivity index (χ4v) is 0.680. The molecule has 0 aliphatic carbocycles. The molecule has 0 aromatic heterocycles. The molecule has 0 radical (unpaired) electrons. The molecule has 0 aromatic rings. The van der Waals surface area contributed by atoms with Crippen molar-refractivity contribution < 1.29 is 144 Å². The molecule has 0 saturated heterocycles. The van der Waals surface area contributed by atoms with Gasteiger partial charge in [0.05, 0.1) is 59.7 Å². The summed E-state index contributed by atoms with van der Waals surface area (Å²) in [4.78, 5) is 94.1. The predicted octanol–water partition coefficient (Wildman–Crippen LogP) is -14.8. The fraction of sp³-hybridized carbons (Fsp3) is 0. The molecule has 0 amide bonds. The van der Waals surface area contributed by atoms with Crippen LogP contribution in [-0.4, -0.2) is 59.7 Å². The molecule has 0 aliphatic heterocycles. The molecule has 0 rings (SSSR count). The Morgan fingerprint density at radius 2 is 0.262 bits per heavy atom. The molecule has 22 heteroatoms. The maximum absolute atomic E-state index is 9.41. The molecule has 0 aromatic carbocycles. The first-order chi connectivity index (χ1) is 18.1. The zero-order valence-corrected chi connectivity index (χ0v) is 24.2. The normalized spacial score (nSPS) is 9.05. The van der Waals surface area contributed by atoms with E-state index >= 15 is 0 Å². The van der Waals surface area contributed by atoms with Gasteiger partial charge in [0, 0.05) is 0 Å². The predicted molar refractivity (Wildman–Crippen MR) is 95.8 cm³/mol. The van der Waals surface area contributed by atoms with Gasteiger partial charge in [0.2, 0.25) is 0 Å². The molecule has 0 aliphatic rings. The number of hydrogen-bond donors (Lipinski definition) is 0. The summed E-state index contributed by atoms with van der Waals surface area (Å²) in [5.74, 6) is -15.5. The van der Waals surface area contributed by atoms with Crippen molar-refractivity contribution in [3.8, 4) is 0 Å². The summed E-state index contributed by atoms with van der Waals surface area (Å²) in [5, 5.41) is 94.1. The van der Waals surface area contributed by atoms with E-state index in [2.05, 4.69) is 0 Å². The summed E-state index contributed by atoms with van der Waals surface area (Å²) in [6.07, 6.45) is 3.84. The van der Waals surface area contributed by atoms with Gasteiger partial charge in [0.15, 0.2) is 0 Å². The topological polar surface area (TPSA) is 401 Å². The van der Waals surface area contributed by atoms with Gasteiger partial charge in [-0.2, -0.15) is 0 Å². The van der Waals surface area contributed by atoms with Crippen LogP contribution >= 0.6 is 0 Å². The van der Waals surface area contributed by atoms with Crippen molar-refractivity contribution in [2.45, 2.75) is 0 Å². The Balaban J connectivity index is -0.0000000721. The van der Waals surface area contributed by atoms with E-state index in [4.69, 9.17) is 0 Å². The minimum atomic E-state index is -1.55. The third-order valence-corrected chi connectivity index (χ3v) is 1.78. The van der Waals surface area contributed by atoms with Crippen molar-refractivity contribution in [3.05, 3.63) is 60.8 Å². The van der Waals surface area contributed by atoms with Crippen LogP contribution in [-0.2, 0) is 92.7 Å². The van der Waals surface area contributed by atoms with Crippen molar-refractivity contribution in [3.63, 3.8) is 0 Å². The molecule has 20 nitrogen and oxygen atoms in total. The monoisotopic (exact) mass is 756 g/mol. The molecular weight excluding hydrogens is 746 g/mol. The molecule has 0 heterocycles. The van der Waals surface area contributed by atoms with E-state index in [-0.39, 0.29) is 44.8 Å². The van der Waals surface area contributed by atoms with E-state index in [0.29, 0.717) is 60.8 Å². The van der Waals surface area contributed by atoms with Crippen molar-refractivity contribution in [1.29, 1.82) is 0 Å². The summed E-state index contributed by atoms with van der Waals surface area (Å²) in [6.45, 7) is 0. The first kappa shape index (κ1) is 53.2. The van der Waals surface area contributed by atoms with Crippen LogP contribution < -0.4 is 51.1 Å². The molecule has 0 bridgehead atoms. The summed E-state index contributed by atoms with van der Waals surface area (Å²) in [7, 11) is 0. The van der Waals surface area contributed by atoms with E-state index in [9.17, 15) is 99.0 Å². The van der Waals surface area contributed by atoms with Crippen molar-refractivity contribution >= 4 is 59.7 Å². The number of aliphatic carboxylic acids is 10. The number of carboxylic acids is 10. The zero-order chi connectivity index (χ0) is 32.8. The van der Waals surface area contributed by atoms with Gasteiger partial charge in [-0.3, -0.25) is 0 Å². The van der Waals surface area contributed by atoms with Gasteiger partial charge in [-0.1, -0.05) is 0 Å². The number of carboxylic acid groups (broad SMARTS) is 10. The Bertz CT molecular complexity index is 804. The Hall–Kier alpha value is -5.12. The summed E-state index contributed by atoms with van der Waals surface area (Å²) < 4.78 is 0. The Kier molecular flexibility index (Phi) is 45.4. The quantitative estimate of drug-likeness (QED) is 0.147. The standard InChI is InChI=1S/5C4H4O4.2Nb/c5*5-3(6)1-2-4(7)8;;/h5*1-2H,(H,5,6)(H,7,8);;/q;;;;;2*+5/p-10/b5*2-1-;;. The summed E-state index contributed by atoms with van der Waals surface area (Å²) >= 11 is 0. The van der Waals surface area contributed by atoms with Crippen LogP contribution in [0.5, 0.6) is 0 Å². The average molecular weight is 756 g/mol. The average Bonchev–Trinajstić information content (AvgIpc) is 2.79. The van der Waals surface area contributed by atoms with Gasteiger partial charge < -0.3 is 99.0 Å². The summed E-state index contributed by atoms with van der Waals surface area (Å²) in [5.41, 5.74) is 0. The van der Waals surface area contributed by atoms with Crippen LogP contribution in [0.3, 0.4) is 0 Å². The molecule has 220 valence electrons. The summed E-state index contributed by atoms with van der Waals surface area (Å²) in [6, 6.07) is 0. The second kappa shape index (κ2) is 35.9. The van der Waals surface area contributed by atoms with Crippen LogP contribution in [0.2, 0.25) is 0 Å². The van der Waals surface area contributed by atoms with Gasteiger partial charge in [-0.15, -0.1) is 0 Å². The first-order valence-electron chi connectivity index (χ1n) is 8.64. The third-order valence-electron chi connectivity index (χ3n) is 1.78. The van der Waals surface area contributed by atoms with E-state index in [1.54, 1.807) is 0 Å². The second-order valence-corrected chi connectivity index (χ2v) is 4.86. The largest absolute Gasteiger partial charge is 5.00 e. The van der Waals surface area contributed by atoms with E-state index in [1.165, 1.54) is 0 Å². The number of rotatable bonds is 10. The fourth-order valence-electron chi connectivity index (χ4n) is 0.680. The van der Waals surface area contributed by atoms with Gasteiger partial charge in [-0.25, -0.2) is 0 Å². The van der Waals surface area contributed by atoms with E-state index in [0.717, 1.165) is 0 Å². The Morgan fingerprint density at radius 3 is 0.286 bits per heavy atom. The first-order valence-corrected chi connectivity index (χ1v) is 8.64. The molecule has 0 saturated carbocycles. The maximum Gasteiger partial charge on any atom is 5.00 e. The Morgan fingerprint density at radius 1 is 0.214 bits per heavy atom. The minimum Gasteiger partial charge on any atom is -0.545 e. The number of carbonyl (C=O) groups is 10. The molecule has 0 N–H and O–H groups in total. The molecular formula is C20H10Nb2O20. The third kappa shape index (κ3) is 101. The Labute approximate surface area is 263 Å². The van der Waals surface area contributed by atoms with Crippen LogP contribution in [0.25, 0.3) is 0 Å². The van der Waals surface area contributed by atoms with E-state index in [1.807, 2.05) is 0 Å². The van der Waals surface area contributed by atoms with Gasteiger partial charge in [-0.05, 0) is 60.8 Å².